The fourth-order valence-corrected chi connectivity index (χ4v) is 4.88. The summed E-state index contributed by atoms with van der Waals surface area (Å²) in [6.07, 6.45) is 5.14. The lowest BCUT2D eigenvalue weighted by Gasteiger charge is -2.40. The number of hydrogen-bond acceptors (Lipinski definition) is 5. The second-order valence-electron chi connectivity index (χ2n) is 7.68. The third kappa shape index (κ3) is 4.53. The van der Waals surface area contributed by atoms with Crippen LogP contribution in [0.4, 0.5) is 9.93 Å². The lowest BCUT2D eigenvalue weighted by molar-refractivity contribution is -0.138. The molecule has 1 aromatic heterocycles. The zero-order valence-corrected chi connectivity index (χ0v) is 17.3. The number of thiazole rings is 1. The maximum absolute atomic E-state index is 13.4. The van der Waals surface area contributed by atoms with Gasteiger partial charge in [0.15, 0.2) is 5.13 Å². The highest BCUT2D eigenvalue weighted by Crippen LogP contribution is 2.32. The molecular weight excluding hydrogens is 386 g/mol. The second kappa shape index (κ2) is 8.82. The first-order valence-electron chi connectivity index (χ1n) is 10.2. The Labute approximate surface area is 175 Å². The molecule has 2 aromatic rings. The molecule has 2 aliphatic rings. The summed E-state index contributed by atoms with van der Waals surface area (Å²) in [6.45, 7) is 3.31. The predicted octanol–water partition coefficient (Wildman–Crippen LogP) is 2.60. The van der Waals surface area contributed by atoms with Crippen LogP contribution >= 0.6 is 11.3 Å². The third-order valence-corrected chi connectivity index (χ3v) is 6.60. The van der Waals surface area contributed by atoms with Gasteiger partial charge in [-0.25, -0.2) is 9.78 Å². The summed E-state index contributed by atoms with van der Waals surface area (Å²) in [5.41, 5.74) is 0.261. The van der Waals surface area contributed by atoms with Gasteiger partial charge in [0.25, 0.3) is 0 Å². The van der Waals surface area contributed by atoms with Gasteiger partial charge in [0.05, 0.1) is 0 Å². The number of aromatic nitrogens is 1. The Bertz CT molecular complexity index is 813. The number of nitrogens with one attached hydrogen (secondary N) is 2. The molecule has 0 unspecified atom stereocenters. The van der Waals surface area contributed by atoms with E-state index in [-0.39, 0.29) is 11.9 Å². The van der Waals surface area contributed by atoms with E-state index in [1.54, 1.807) is 11.3 Å². The van der Waals surface area contributed by atoms with Gasteiger partial charge in [0.2, 0.25) is 5.91 Å². The van der Waals surface area contributed by atoms with Crippen LogP contribution in [0, 0.1) is 0 Å². The number of carbonyl (C=O) groups excluding carboxylic acids is 2. The summed E-state index contributed by atoms with van der Waals surface area (Å²) >= 11 is 1.62. The topological polar surface area (TPSA) is 77.6 Å². The number of carbonyl (C=O) groups is 2. The minimum absolute atomic E-state index is 0.0589. The van der Waals surface area contributed by atoms with E-state index in [1.165, 1.54) is 0 Å². The van der Waals surface area contributed by atoms with Crippen molar-refractivity contribution in [3.63, 3.8) is 0 Å². The molecule has 2 heterocycles. The number of amides is 3. The third-order valence-electron chi connectivity index (χ3n) is 5.77. The summed E-state index contributed by atoms with van der Waals surface area (Å²) < 4.78 is 0. The number of nitrogens with zero attached hydrogens (tertiary/aromatic N) is 3. The highest BCUT2D eigenvalue weighted by Gasteiger charge is 2.45. The van der Waals surface area contributed by atoms with Crippen molar-refractivity contribution in [2.24, 2.45) is 0 Å². The highest BCUT2D eigenvalue weighted by molar-refractivity contribution is 7.13. The standard InChI is InChI=1S/C21H27N5O2S/c27-18(25-11-13-26(14-12-25)20-22-10-15-29-20)21(8-4-5-9-21)24-19(28)23-16-17-6-2-1-3-7-17/h1-3,6-7,10,15H,4-5,8-9,11-14,16H2,(H2,23,24,28). The molecule has 0 bridgehead atoms. The average molecular weight is 414 g/mol. The summed E-state index contributed by atoms with van der Waals surface area (Å²) in [5, 5.41) is 8.91. The van der Waals surface area contributed by atoms with Crippen LogP contribution in [0.5, 0.6) is 0 Å². The molecule has 2 fully saturated rings. The zero-order valence-electron chi connectivity index (χ0n) is 16.5. The van der Waals surface area contributed by atoms with Crippen molar-refractivity contribution >= 4 is 28.4 Å². The molecule has 1 aromatic carbocycles. The normalized spacial score (nSPS) is 18.5. The fourth-order valence-electron chi connectivity index (χ4n) is 4.19. The summed E-state index contributed by atoms with van der Waals surface area (Å²) in [5.74, 6) is 0.0589. The Balaban J connectivity index is 1.35. The first-order valence-corrected chi connectivity index (χ1v) is 11.1. The van der Waals surface area contributed by atoms with Crippen LogP contribution in [0.1, 0.15) is 31.2 Å². The highest BCUT2D eigenvalue weighted by atomic mass is 32.1. The molecule has 0 spiro atoms. The van der Waals surface area contributed by atoms with Gasteiger partial charge in [0.1, 0.15) is 5.54 Å². The van der Waals surface area contributed by atoms with Crippen molar-refractivity contribution in [1.82, 2.24) is 20.5 Å². The molecule has 8 heteroatoms. The molecule has 2 N–H and O–H groups in total. The van der Waals surface area contributed by atoms with Crippen LogP contribution in [-0.4, -0.2) is 53.5 Å². The van der Waals surface area contributed by atoms with Crippen molar-refractivity contribution in [3.8, 4) is 0 Å². The fraction of sp³-hybridized carbons (Fsp3) is 0.476. The molecule has 0 atom stereocenters. The van der Waals surface area contributed by atoms with E-state index in [9.17, 15) is 9.59 Å². The minimum Gasteiger partial charge on any atom is -0.345 e. The molecule has 4 rings (SSSR count). The van der Waals surface area contributed by atoms with Crippen molar-refractivity contribution < 1.29 is 9.59 Å². The van der Waals surface area contributed by atoms with Crippen LogP contribution < -0.4 is 15.5 Å². The summed E-state index contributed by atoms with van der Waals surface area (Å²) in [7, 11) is 0. The van der Waals surface area contributed by atoms with E-state index in [1.807, 2.05) is 46.8 Å². The summed E-state index contributed by atoms with van der Waals surface area (Å²) in [6, 6.07) is 9.51. The Morgan fingerprint density at radius 2 is 1.79 bits per heavy atom. The number of hydrogen-bond donors (Lipinski definition) is 2. The summed E-state index contributed by atoms with van der Waals surface area (Å²) in [4.78, 5) is 34.4. The molecule has 7 nitrogen and oxygen atoms in total. The van der Waals surface area contributed by atoms with Gasteiger partial charge < -0.3 is 20.4 Å². The van der Waals surface area contributed by atoms with Gasteiger partial charge in [-0.2, -0.15) is 0 Å². The van der Waals surface area contributed by atoms with Gasteiger partial charge in [-0.15, -0.1) is 11.3 Å². The quantitative estimate of drug-likeness (QED) is 0.790. The lowest BCUT2D eigenvalue weighted by atomic mass is 9.95. The molecule has 1 aliphatic heterocycles. The molecule has 1 aliphatic carbocycles. The largest absolute Gasteiger partial charge is 0.345 e. The molecule has 1 saturated heterocycles. The Kier molecular flexibility index (Phi) is 5.99. The van der Waals surface area contributed by atoms with E-state index in [0.717, 1.165) is 36.6 Å². The lowest BCUT2D eigenvalue weighted by Crippen LogP contribution is -2.62. The molecule has 0 radical (unpaired) electrons. The smallest absolute Gasteiger partial charge is 0.315 e. The Hall–Kier alpha value is -2.61. The van der Waals surface area contributed by atoms with Crippen LogP contribution in [0.2, 0.25) is 0 Å². The number of rotatable bonds is 5. The van der Waals surface area contributed by atoms with Crippen LogP contribution in [-0.2, 0) is 11.3 Å². The maximum atomic E-state index is 13.4. The molecule has 29 heavy (non-hydrogen) atoms. The van der Waals surface area contributed by atoms with Gasteiger partial charge in [-0.1, -0.05) is 43.2 Å². The molecule has 3 amide bonds. The van der Waals surface area contributed by atoms with E-state index < -0.39 is 5.54 Å². The van der Waals surface area contributed by atoms with Crippen molar-refractivity contribution in [3.05, 3.63) is 47.5 Å². The zero-order chi connectivity index (χ0) is 20.1. The monoisotopic (exact) mass is 413 g/mol. The van der Waals surface area contributed by atoms with E-state index in [4.69, 9.17) is 0 Å². The Morgan fingerprint density at radius 3 is 2.45 bits per heavy atom. The van der Waals surface area contributed by atoms with Gasteiger partial charge in [-0.05, 0) is 18.4 Å². The predicted molar refractivity (Wildman–Crippen MR) is 114 cm³/mol. The van der Waals surface area contributed by atoms with Gasteiger partial charge >= 0.3 is 6.03 Å². The van der Waals surface area contributed by atoms with Crippen LogP contribution in [0.3, 0.4) is 0 Å². The first-order chi connectivity index (χ1) is 14.2. The van der Waals surface area contributed by atoms with Gasteiger partial charge in [-0.3, -0.25) is 4.79 Å². The molecule has 1 saturated carbocycles. The second-order valence-corrected chi connectivity index (χ2v) is 8.55. The molecule has 154 valence electrons. The maximum Gasteiger partial charge on any atom is 0.315 e. The Morgan fingerprint density at radius 1 is 1.07 bits per heavy atom. The average Bonchev–Trinajstić information content (AvgIpc) is 3.46. The van der Waals surface area contributed by atoms with Gasteiger partial charge in [0, 0.05) is 44.3 Å². The SMILES string of the molecule is O=C(NCc1ccccc1)NC1(C(=O)N2CCN(c3nccs3)CC2)CCCC1. The van der Waals surface area contributed by atoms with E-state index in [0.29, 0.717) is 32.5 Å². The number of benzene rings is 1. The van der Waals surface area contributed by atoms with Crippen molar-refractivity contribution in [2.45, 2.75) is 37.8 Å². The van der Waals surface area contributed by atoms with Crippen LogP contribution in [0.25, 0.3) is 0 Å². The van der Waals surface area contributed by atoms with E-state index >= 15 is 0 Å². The molecular formula is C21H27N5O2S. The van der Waals surface area contributed by atoms with E-state index in [2.05, 4.69) is 20.5 Å². The van der Waals surface area contributed by atoms with Crippen LogP contribution in [0.15, 0.2) is 41.9 Å². The number of piperazine rings is 1. The minimum atomic E-state index is -0.774. The number of urea groups is 1. The van der Waals surface area contributed by atoms with Crippen molar-refractivity contribution in [1.29, 1.82) is 0 Å². The van der Waals surface area contributed by atoms with Crippen molar-refractivity contribution in [2.75, 3.05) is 31.1 Å². The first kappa shape index (κ1) is 19.7. The number of anilines is 1.